The molecule has 64 valence electrons. The summed E-state index contributed by atoms with van der Waals surface area (Å²) in [4.78, 5) is 11.3. The van der Waals surface area contributed by atoms with Crippen LogP contribution in [-0.2, 0) is 4.79 Å². The van der Waals surface area contributed by atoms with Gasteiger partial charge < -0.3 is 5.32 Å². The van der Waals surface area contributed by atoms with E-state index in [-0.39, 0.29) is 17.2 Å². The fraction of sp³-hybridized carbons (Fsp3) is 0.889. The molecule has 11 heavy (non-hydrogen) atoms. The van der Waals surface area contributed by atoms with Gasteiger partial charge >= 0.3 is 0 Å². The van der Waals surface area contributed by atoms with E-state index in [9.17, 15) is 4.79 Å². The molecule has 2 unspecified atom stereocenters. The third-order valence-corrected chi connectivity index (χ3v) is 2.38. The van der Waals surface area contributed by atoms with Gasteiger partial charge in [0.05, 0.1) is 0 Å². The maximum absolute atomic E-state index is 11.3. The first-order chi connectivity index (χ1) is 4.93. The first-order valence-corrected chi connectivity index (χ1v) is 4.20. The van der Waals surface area contributed by atoms with Crippen molar-refractivity contribution in [2.45, 2.75) is 27.7 Å². The zero-order valence-corrected chi connectivity index (χ0v) is 7.77. The van der Waals surface area contributed by atoms with Crippen LogP contribution in [0.5, 0.6) is 0 Å². The summed E-state index contributed by atoms with van der Waals surface area (Å²) < 4.78 is 0. The lowest BCUT2D eigenvalue weighted by molar-refractivity contribution is -0.125. The van der Waals surface area contributed by atoms with Crippen molar-refractivity contribution >= 4 is 5.91 Å². The van der Waals surface area contributed by atoms with Gasteiger partial charge in [0.25, 0.3) is 0 Å². The molecule has 1 N–H and O–H groups in total. The molecule has 2 nitrogen and oxygen atoms in total. The third kappa shape index (κ3) is 1.55. The zero-order valence-electron chi connectivity index (χ0n) is 7.77. The van der Waals surface area contributed by atoms with Crippen LogP contribution < -0.4 is 5.32 Å². The fourth-order valence-electron chi connectivity index (χ4n) is 1.99. The van der Waals surface area contributed by atoms with Gasteiger partial charge in [0, 0.05) is 12.5 Å². The molecule has 0 spiro atoms. The Bertz CT molecular complexity index is 169. The average Bonchev–Trinajstić information content (AvgIpc) is 2.08. The Labute approximate surface area is 68.4 Å². The molecule has 1 aliphatic heterocycles. The Morgan fingerprint density at radius 2 is 2.00 bits per heavy atom. The van der Waals surface area contributed by atoms with Crippen molar-refractivity contribution in [1.29, 1.82) is 0 Å². The second kappa shape index (κ2) is 2.50. The number of rotatable bonds is 0. The molecule has 0 aromatic heterocycles. The second-order valence-electron chi connectivity index (χ2n) is 4.57. The molecule has 0 aliphatic carbocycles. The minimum Gasteiger partial charge on any atom is -0.356 e. The van der Waals surface area contributed by atoms with Gasteiger partial charge in [-0.05, 0) is 11.3 Å². The van der Waals surface area contributed by atoms with Gasteiger partial charge in [0.2, 0.25) is 5.91 Å². The van der Waals surface area contributed by atoms with E-state index >= 15 is 0 Å². The quantitative estimate of drug-likeness (QED) is 0.563. The van der Waals surface area contributed by atoms with E-state index in [0.29, 0.717) is 5.92 Å². The molecular formula is C9H17NO. The second-order valence-corrected chi connectivity index (χ2v) is 4.57. The molecule has 1 saturated heterocycles. The summed E-state index contributed by atoms with van der Waals surface area (Å²) >= 11 is 0. The first-order valence-electron chi connectivity index (χ1n) is 4.20. The normalized spacial score (nSPS) is 32.2. The van der Waals surface area contributed by atoms with Gasteiger partial charge in [-0.1, -0.05) is 27.7 Å². The van der Waals surface area contributed by atoms with E-state index in [0.717, 1.165) is 6.54 Å². The highest BCUT2D eigenvalue weighted by molar-refractivity contribution is 5.81. The summed E-state index contributed by atoms with van der Waals surface area (Å²) in [5.74, 6) is 0.912. The van der Waals surface area contributed by atoms with Crippen LogP contribution in [0.1, 0.15) is 27.7 Å². The summed E-state index contributed by atoms with van der Waals surface area (Å²) in [5.41, 5.74) is 0.111. The summed E-state index contributed by atoms with van der Waals surface area (Å²) in [6.45, 7) is 9.35. The van der Waals surface area contributed by atoms with Gasteiger partial charge in [-0.2, -0.15) is 0 Å². The molecule has 0 radical (unpaired) electrons. The lowest BCUT2D eigenvalue weighted by atomic mass is 9.75. The summed E-state index contributed by atoms with van der Waals surface area (Å²) in [6.07, 6.45) is 0. The third-order valence-electron chi connectivity index (χ3n) is 2.38. The highest BCUT2D eigenvalue weighted by Crippen LogP contribution is 2.34. The highest BCUT2D eigenvalue weighted by atomic mass is 16.2. The molecule has 2 heteroatoms. The number of carbonyl (C=O) groups is 1. The Morgan fingerprint density at radius 3 is 2.18 bits per heavy atom. The maximum Gasteiger partial charge on any atom is 0.223 e. The van der Waals surface area contributed by atoms with Crippen LogP contribution in [0.3, 0.4) is 0 Å². The van der Waals surface area contributed by atoms with Crippen molar-refractivity contribution in [3.63, 3.8) is 0 Å². The van der Waals surface area contributed by atoms with Crippen molar-refractivity contribution < 1.29 is 4.79 Å². The lowest BCUT2D eigenvalue weighted by Gasteiger charge is -2.27. The molecule has 1 aliphatic rings. The number of carbonyl (C=O) groups excluding carboxylic acids is 1. The summed E-state index contributed by atoms with van der Waals surface area (Å²) in [5, 5.41) is 2.89. The van der Waals surface area contributed by atoms with Crippen molar-refractivity contribution in [1.82, 2.24) is 5.32 Å². The van der Waals surface area contributed by atoms with E-state index in [2.05, 4.69) is 33.0 Å². The topological polar surface area (TPSA) is 29.1 Å². The SMILES string of the molecule is CC1CNC(=O)C1C(C)(C)C. The average molecular weight is 155 g/mol. The predicted molar refractivity (Wildman–Crippen MR) is 45.1 cm³/mol. The first kappa shape index (κ1) is 8.57. The lowest BCUT2D eigenvalue weighted by Crippen LogP contribution is -2.30. The number of hydrogen-bond acceptors (Lipinski definition) is 1. The summed E-state index contributed by atoms with van der Waals surface area (Å²) in [6, 6.07) is 0. The molecule has 2 atom stereocenters. The van der Waals surface area contributed by atoms with Crippen LogP contribution in [0.15, 0.2) is 0 Å². The van der Waals surface area contributed by atoms with Gasteiger partial charge in [0.1, 0.15) is 0 Å². The van der Waals surface area contributed by atoms with E-state index in [1.165, 1.54) is 0 Å². The van der Waals surface area contributed by atoms with Gasteiger partial charge in [-0.15, -0.1) is 0 Å². The van der Waals surface area contributed by atoms with Crippen molar-refractivity contribution in [2.75, 3.05) is 6.54 Å². The van der Waals surface area contributed by atoms with Crippen LogP contribution >= 0.6 is 0 Å². The highest BCUT2D eigenvalue weighted by Gasteiger charge is 2.39. The molecular weight excluding hydrogens is 138 g/mol. The molecule has 0 aromatic rings. The Morgan fingerprint density at radius 1 is 1.45 bits per heavy atom. The fourth-order valence-corrected chi connectivity index (χ4v) is 1.99. The predicted octanol–water partition coefficient (Wildman–Crippen LogP) is 1.41. The standard InChI is InChI=1S/C9H17NO/c1-6-5-10-8(11)7(6)9(2,3)4/h6-7H,5H2,1-4H3,(H,10,11). The van der Waals surface area contributed by atoms with Crippen LogP contribution in [0.25, 0.3) is 0 Å². The van der Waals surface area contributed by atoms with E-state index < -0.39 is 0 Å². The van der Waals surface area contributed by atoms with Crippen molar-refractivity contribution in [3.8, 4) is 0 Å². The maximum atomic E-state index is 11.3. The van der Waals surface area contributed by atoms with E-state index in [4.69, 9.17) is 0 Å². The molecule has 0 saturated carbocycles. The van der Waals surface area contributed by atoms with Crippen LogP contribution in [-0.4, -0.2) is 12.5 Å². The van der Waals surface area contributed by atoms with Gasteiger partial charge in [-0.25, -0.2) is 0 Å². The summed E-state index contributed by atoms with van der Waals surface area (Å²) in [7, 11) is 0. The largest absolute Gasteiger partial charge is 0.356 e. The zero-order chi connectivity index (χ0) is 8.65. The number of amides is 1. The molecule has 1 amide bonds. The number of hydrogen-bond donors (Lipinski definition) is 1. The number of nitrogens with one attached hydrogen (secondary N) is 1. The van der Waals surface area contributed by atoms with Crippen LogP contribution in [0.2, 0.25) is 0 Å². The van der Waals surface area contributed by atoms with E-state index in [1.807, 2.05) is 0 Å². The smallest absolute Gasteiger partial charge is 0.223 e. The van der Waals surface area contributed by atoms with Gasteiger partial charge in [-0.3, -0.25) is 4.79 Å². The Hall–Kier alpha value is -0.530. The van der Waals surface area contributed by atoms with Crippen molar-refractivity contribution in [2.24, 2.45) is 17.3 Å². The molecule has 0 aromatic carbocycles. The van der Waals surface area contributed by atoms with Crippen LogP contribution in [0, 0.1) is 17.3 Å². The Kier molecular flexibility index (Phi) is 1.95. The minimum absolute atomic E-state index is 0.111. The Balaban J connectivity index is 2.77. The monoisotopic (exact) mass is 155 g/mol. The van der Waals surface area contributed by atoms with Crippen molar-refractivity contribution in [3.05, 3.63) is 0 Å². The molecule has 1 fully saturated rings. The van der Waals surface area contributed by atoms with Gasteiger partial charge in [0.15, 0.2) is 0 Å². The molecule has 0 bridgehead atoms. The minimum atomic E-state index is 0.111. The molecule has 1 rings (SSSR count). The molecule has 1 heterocycles. The van der Waals surface area contributed by atoms with E-state index in [1.54, 1.807) is 0 Å². The van der Waals surface area contributed by atoms with Crippen LogP contribution in [0.4, 0.5) is 0 Å².